The molecule has 4 atom stereocenters. The first-order valence-corrected chi connectivity index (χ1v) is 15.4. The molecule has 4 saturated heterocycles. The van der Waals surface area contributed by atoms with Gasteiger partial charge in [0.1, 0.15) is 24.1 Å². The monoisotopic (exact) mass is 606 g/mol. The molecule has 4 fully saturated rings. The van der Waals surface area contributed by atoms with Gasteiger partial charge in [-0.2, -0.15) is 13.2 Å². The number of hydrogen-bond donors (Lipinski definition) is 1. The molecule has 1 N–H and O–H groups in total. The van der Waals surface area contributed by atoms with E-state index in [-0.39, 0.29) is 30.9 Å². The van der Waals surface area contributed by atoms with Crippen molar-refractivity contribution in [1.82, 2.24) is 24.7 Å². The van der Waals surface area contributed by atoms with Gasteiger partial charge in [0.25, 0.3) is 5.91 Å². The van der Waals surface area contributed by atoms with Gasteiger partial charge in [0.15, 0.2) is 0 Å². The van der Waals surface area contributed by atoms with Crippen LogP contribution in [-0.4, -0.2) is 120 Å². The molecular weight excluding hydrogens is 565 g/mol. The summed E-state index contributed by atoms with van der Waals surface area (Å²) < 4.78 is 56.7. The Bertz CT molecular complexity index is 1200. The quantitative estimate of drug-likeness (QED) is 0.523. The lowest BCUT2D eigenvalue weighted by molar-refractivity contribution is -0.148. The lowest BCUT2D eigenvalue weighted by atomic mass is 9.95. The Labute approximate surface area is 250 Å². The third-order valence-corrected chi connectivity index (χ3v) is 9.37. The highest BCUT2D eigenvalue weighted by Crippen LogP contribution is 2.31. The molecule has 0 aromatic carbocycles. The maximum absolute atomic E-state index is 13.5. The summed E-state index contributed by atoms with van der Waals surface area (Å²) in [6.45, 7) is 6.94. The molecule has 236 valence electrons. The third kappa shape index (κ3) is 6.84. The third-order valence-electron chi connectivity index (χ3n) is 9.37. The van der Waals surface area contributed by atoms with Crippen LogP contribution in [0.4, 0.5) is 19.0 Å². The number of allylic oxidation sites excluding steroid dienone is 2. The van der Waals surface area contributed by atoms with Crippen LogP contribution in [0.2, 0.25) is 0 Å². The van der Waals surface area contributed by atoms with E-state index in [0.29, 0.717) is 55.4 Å². The number of nitrogens with one attached hydrogen (secondary N) is 1. The summed E-state index contributed by atoms with van der Waals surface area (Å²) in [6, 6.07) is 0.830. The predicted octanol–water partition coefficient (Wildman–Crippen LogP) is 3.50. The van der Waals surface area contributed by atoms with Crippen molar-refractivity contribution in [1.29, 1.82) is 0 Å². The van der Waals surface area contributed by atoms with Crippen LogP contribution in [0, 0.1) is 6.92 Å². The number of halogens is 3. The molecule has 0 radical (unpaired) electrons. The van der Waals surface area contributed by atoms with Crippen molar-refractivity contribution in [3.63, 3.8) is 0 Å². The number of aromatic nitrogens is 2. The zero-order valence-electron chi connectivity index (χ0n) is 24.6. The van der Waals surface area contributed by atoms with E-state index in [1.807, 2.05) is 11.8 Å². The number of amides is 1. The minimum absolute atomic E-state index is 0.0792. The first kappa shape index (κ1) is 30.3. The fraction of sp³-hybridized carbons (Fsp3) is 0.700. The molecule has 0 bridgehead atoms. The first-order chi connectivity index (χ1) is 20.8. The van der Waals surface area contributed by atoms with Crippen molar-refractivity contribution in [2.24, 2.45) is 0 Å². The number of piperidine rings is 1. The highest BCUT2D eigenvalue weighted by atomic mass is 19.4. The topological polar surface area (TPSA) is 92.3 Å². The van der Waals surface area contributed by atoms with Crippen LogP contribution < -0.4 is 5.32 Å². The Morgan fingerprint density at radius 3 is 2.70 bits per heavy atom. The van der Waals surface area contributed by atoms with Crippen molar-refractivity contribution in [3.05, 3.63) is 41.5 Å². The zero-order valence-corrected chi connectivity index (χ0v) is 24.6. The highest BCUT2D eigenvalue weighted by molar-refractivity contribution is 5.94. The molecule has 0 aliphatic carbocycles. The summed E-state index contributed by atoms with van der Waals surface area (Å²) >= 11 is 0. The Balaban J connectivity index is 1.01. The van der Waals surface area contributed by atoms with Gasteiger partial charge in [-0.3, -0.25) is 9.69 Å². The number of anilines is 1. The van der Waals surface area contributed by atoms with Crippen molar-refractivity contribution in [2.75, 3.05) is 57.9 Å². The zero-order chi connectivity index (χ0) is 30.0. The lowest BCUT2D eigenvalue weighted by Crippen LogP contribution is -2.60. The second-order valence-corrected chi connectivity index (χ2v) is 12.0. The molecule has 6 heterocycles. The largest absolute Gasteiger partial charge is 0.416 e. The molecule has 5 aliphatic rings. The van der Waals surface area contributed by atoms with Crippen molar-refractivity contribution < 1.29 is 32.2 Å². The minimum atomic E-state index is -4.34. The van der Waals surface area contributed by atoms with Crippen LogP contribution in [0.1, 0.15) is 54.6 Å². The molecule has 2 unspecified atom stereocenters. The van der Waals surface area contributed by atoms with Gasteiger partial charge in [0, 0.05) is 63.2 Å². The number of hydrogen-bond acceptors (Lipinski definition) is 9. The van der Waals surface area contributed by atoms with E-state index in [1.165, 1.54) is 18.6 Å². The van der Waals surface area contributed by atoms with E-state index in [0.717, 1.165) is 64.4 Å². The van der Waals surface area contributed by atoms with Crippen LogP contribution >= 0.6 is 0 Å². The van der Waals surface area contributed by atoms with E-state index < -0.39 is 11.7 Å². The second kappa shape index (κ2) is 13.1. The maximum atomic E-state index is 13.5. The van der Waals surface area contributed by atoms with Crippen molar-refractivity contribution in [2.45, 2.75) is 82.1 Å². The molecule has 5 aliphatic heterocycles. The Morgan fingerprint density at radius 1 is 1.09 bits per heavy atom. The van der Waals surface area contributed by atoms with Crippen LogP contribution in [0.15, 0.2) is 30.3 Å². The van der Waals surface area contributed by atoms with Gasteiger partial charge < -0.3 is 29.3 Å². The van der Waals surface area contributed by atoms with Crippen molar-refractivity contribution >= 4 is 11.7 Å². The van der Waals surface area contributed by atoms with Crippen LogP contribution in [0.5, 0.6) is 0 Å². The molecule has 10 nitrogen and oxygen atoms in total. The molecule has 6 rings (SSSR count). The number of alkyl halides is 3. The van der Waals surface area contributed by atoms with Gasteiger partial charge in [-0.05, 0) is 51.5 Å². The number of carbonyl (C=O) groups is 1. The van der Waals surface area contributed by atoms with Gasteiger partial charge in [0.2, 0.25) is 0 Å². The van der Waals surface area contributed by atoms with E-state index >= 15 is 0 Å². The smallest absolute Gasteiger partial charge is 0.379 e. The van der Waals surface area contributed by atoms with E-state index in [1.54, 1.807) is 4.90 Å². The number of morpholine rings is 1. The summed E-state index contributed by atoms with van der Waals surface area (Å²) in [6.07, 6.45) is 5.88. The van der Waals surface area contributed by atoms with Gasteiger partial charge in [-0.25, -0.2) is 9.97 Å². The summed E-state index contributed by atoms with van der Waals surface area (Å²) in [4.78, 5) is 28.6. The van der Waals surface area contributed by atoms with E-state index in [9.17, 15) is 18.0 Å². The Hall–Kier alpha value is -2.74. The summed E-state index contributed by atoms with van der Waals surface area (Å²) in [5.41, 5.74) is 0.473. The minimum Gasteiger partial charge on any atom is -0.379 e. The fourth-order valence-electron chi connectivity index (χ4n) is 6.98. The number of carbonyl (C=O) groups excluding carboxylic acids is 1. The average molecular weight is 607 g/mol. The van der Waals surface area contributed by atoms with Gasteiger partial charge in [-0.15, -0.1) is 0 Å². The standard InChI is InChI=1S/C30H41F3N6O4/c1-20-27(29(40)38-12-7-22(8-13-38)39-14-16-42-25-18-41-15-9-24(25)39)35-19-36-28(20)34-17-23-3-2-4-26(43-23)37-10-5-21(6-11-37)30(31,32)33/h5-6,10,19,22-26H,2-4,7-9,11-18H2,1H3,(H,34,35,36)/t23-,24?,25?,26+/m1/s1. The predicted molar refractivity (Wildman–Crippen MR) is 152 cm³/mol. The number of nitrogens with zero attached hydrogens (tertiary/aromatic N) is 5. The van der Waals surface area contributed by atoms with Crippen molar-refractivity contribution in [3.8, 4) is 0 Å². The number of likely N-dealkylation sites (tertiary alicyclic amines) is 1. The molecule has 0 spiro atoms. The Morgan fingerprint density at radius 2 is 1.93 bits per heavy atom. The molecular formula is C30H41F3N6O4. The number of rotatable bonds is 6. The van der Waals surface area contributed by atoms with E-state index in [4.69, 9.17) is 14.2 Å². The normalized spacial score (nSPS) is 29.3. The lowest BCUT2D eigenvalue weighted by Gasteiger charge is -2.49. The average Bonchev–Trinajstić information content (AvgIpc) is 3.03. The Kier molecular flexibility index (Phi) is 9.22. The fourth-order valence-corrected chi connectivity index (χ4v) is 6.98. The second-order valence-electron chi connectivity index (χ2n) is 12.0. The SMILES string of the molecule is Cc1c(NC[C@H]2CCC[C@@H](N3C=CC(C(F)(F)F)=CC3)O2)ncnc1C(=O)N1CCC(N2CCOC3COCCC32)CC1. The van der Waals surface area contributed by atoms with Crippen LogP contribution in [0.25, 0.3) is 0 Å². The highest BCUT2D eigenvalue weighted by Gasteiger charge is 2.40. The summed E-state index contributed by atoms with van der Waals surface area (Å²) in [5, 5.41) is 3.33. The number of fused-ring (bicyclic) bond motifs is 1. The molecule has 1 amide bonds. The first-order valence-electron chi connectivity index (χ1n) is 15.4. The van der Waals surface area contributed by atoms with Crippen LogP contribution in [0.3, 0.4) is 0 Å². The van der Waals surface area contributed by atoms with Gasteiger partial charge >= 0.3 is 6.18 Å². The van der Waals surface area contributed by atoms with Gasteiger partial charge in [0.05, 0.1) is 31.0 Å². The molecule has 1 aromatic rings. The summed E-state index contributed by atoms with van der Waals surface area (Å²) in [5.74, 6) is 0.512. The molecule has 43 heavy (non-hydrogen) atoms. The van der Waals surface area contributed by atoms with Crippen LogP contribution in [-0.2, 0) is 14.2 Å². The summed E-state index contributed by atoms with van der Waals surface area (Å²) in [7, 11) is 0. The maximum Gasteiger partial charge on any atom is 0.416 e. The van der Waals surface area contributed by atoms with E-state index in [2.05, 4.69) is 20.2 Å². The molecule has 1 aromatic heterocycles. The number of ether oxygens (including phenoxy) is 3. The molecule has 0 saturated carbocycles. The molecule has 13 heteroatoms. The van der Waals surface area contributed by atoms with Gasteiger partial charge in [-0.1, -0.05) is 6.08 Å².